The molecule has 4 atom stereocenters. The van der Waals surface area contributed by atoms with Gasteiger partial charge in [-0.2, -0.15) is 0 Å². The zero-order valence-electron chi connectivity index (χ0n) is 24.3. The number of alkyl halides is 2. The molecule has 0 rings (SSSR count). The number of aliphatic carboxylic acids is 1. The van der Waals surface area contributed by atoms with E-state index in [1.165, 1.54) is 11.8 Å². The third-order valence-electron chi connectivity index (χ3n) is 7.06. The third-order valence-corrected chi connectivity index (χ3v) is 13.8. The zero-order chi connectivity index (χ0) is 29.2. The molecule has 0 saturated heterocycles. The van der Waals surface area contributed by atoms with Gasteiger partial charge in [-0.3, -0.25) is 9.59 Å². The lowest BCUT2D eigenvalue weighted by atomic mass is 9.85. The molecule has 0 aliphatic rings. The van der Waals surface area contributed by atoms with Crippen LogP contribution in [0.4, 0.5) is 0 Å². The summed E-state index contributed by atoms with van der Waals surface area (Å²) in [6, 6.07) is 0.604. The molecule has 0 bridgehead atoms. The maximum Gasteiger partial charge on any atom is 0.500 e. The van der Waals surface area contributed by atoms with Crippen LogP contribution in [0.15, 0.2) is 24.3 Å². The Hall–Kier alpha value is 0.0269. The molecule has 0 fully saturated rings. The van der Waals surface area contributed by atoms with Crippen LogP contribution in [0.3, 0.4) is 0 Å². The van der Waals surface area contributed by atoms with Crippen molar-refractivity contribution in [1.29, 1.82) is 0 Å². The van der Waals surface area contributed by atoms with E-state index in [0.29, 0.717) is 34.9 Å². The van der Waals surface area contributed by atoms with Crippen molar-refractivity contribution in [3.8, 4) is 0 Å². The van der Waals surface area contributed by atoms with Gasteiger partial charge in [0.15, 0.2) is 5.12 Å². The molecule has 0 aliphatic heterocycles. The summed E-state index contributed by atoms with van der Waals surface area (Å²) in [4.78, 5) is 25.3. The van der Waals surface area contributed by atoms with E-state index in [4.69, 9.17) is 13.3 Å². The van der Waals surface area contributed by atoms with Gasteiger partial charge in [0.05, 0.1) is 5.92 Å². The Bertz CT molecular complexity index is 722. The predicted octanol–water partition coefficient (Wildman–Crippen LogP) is 8.27. The lowest BCUT2D eigenvalue weighted by Crippen LogP contribution is -2.42. The van der Waals surface area contributed by atoms with E-state index in [1.807, 2.05) is 19.1 Å². The van der Waals surface area contributed by atoms with Crippen LogP contribution in [0.5, 0.6) is 0 Å². The van der Waals surface area contributed by atoms with E-state index in [0.717, 1.165) is 32.1 Å². The summed E-state index contributed by atoms with van der Waals surface area (Å²) < 4.78 is 16.2. The molecule has 0 amide bonds. The largest absolute Gasteiger partial charge is 0.500 e. The standard InChI is InChI=1S/C28H50Br2O6SSi/c1-8-14-22(16-17-25(30)24(29)15-11-10-12-18-28(3,4)9-2)23(27(32)33)21-26(31)37-19-13-20-38(34-5,35-6)36-7/h8,10,12,14,22-25H,9,11,13,15-21H2,1-7H3,(H,32,33)/b12-10+,14-8+. The van der Waals surface area contributed by atoms with Crippen molar-refractivity contribution in [2.75, 3.05) is 27.1 Å². The van der Waals surface area contributed by atoms with Gasteiger partial charge in [-0.1, -0.05) is 95.1 Å². The van der Waals surface area contributed by atoms with Crippen LogP contribution in [0, 0.1) is 17.3 Å². The van der Waals surface area contributed by atoms with E-state index in [1.54, 1.807) is 21.3 Å². The van der Waals surface area contributed by atoms with Gasteiger partial charge >= 0.3 is 14.8 Å². The van der Waals surface area contributed by atoms with E-state index in [9.17, 15) is 14.7 Å². The number of allylic oxidation sites excluding steroid dienone is 4. The van der Waals surface area contributed by atoms with Crippen molar-refractivity contribution in [3.63, 3.8) is 0 Å². The summed E-state index contributed by atoms with van der Waals surface area (Å²) >= 11 is 8.80. The zero-order valence-corrected chi connectivity index (χ0v) is 29.3. The number of hydrogen-bond acceptors (Lipinski definition) is 6. The molecular formula is C28H50Br2O6SSi. The Kier molecular flexibility index (Phi) is 20.9. The average molecular weight is 703 g/mol. The molecule has 4 unspecified atom stereocenters. The van der Waals surface area contributed by atoms with Crippen molar-refractivity contribution < 1.29 is 28.0 Å². The Morgan fingerprint density at radius 2 is 1.63 bits per heavy atom. The molecular weight excluding hydrogens is 652 g/mol. The van der Waals surface area contributed by atoms with Crippen LogP contribution in [-0.4, -0.2) is 61.7 Å². The van der Waals surface area contributed by atoms with E-state index in [-0.39, 0.29) is 22.3 Å². The molecule has 1 N–H and O–H groups in total. The van der Waals surface area contributed by atoms with E-state index < -0.39 is 20.7 Å². The lowest BCUT2D eigenvalue weighted by molar-refractivity contribution is -0.144. The molecule has 0 radical (unpaired) electrons. The minimum Gasteiger partial charge on any atom is -0.481 e. The smallest absolute Gasteiger partial charge is 0.481 e. The molecule has 0 aromatic heterocycles. The molecule has 6 nitrogen and oxygen atoms in total. The molecule has 0 spiro atoms. The Morgan fingerprint density at radius 1 is 1.03 bits per heavy atom. The van der Waals surface area contributed by atoms with Crippen molar-refractivity contribution in [1.82, 2.24) is 0 Å². The lowest BCUT2D eigenvalue weighted by Gasteiger charge is -2.24. The summed E-state index contributed by atoms with van der Waals surface area (Å²) in [5.41, 5.74) is 0.343. The number of thioether (sulfide) groups is 1. The van der Waals surface area contributed by atoms with Gasteiger partial charge in [0.25, 0.3) is 0 Å². The molecule has 0 aromatic carbocycles. The molecule has 0 aromatic rings. The number of hydrogen-bond donors (Lipinski definition) is 1. The number of carboxylic acid groups (broad SMARTS) is 1. The number of carbonyl (C=O) groups is 2. The Labute approximate surface area is 253 Å². The SMILES string of the molecule is C/C=C/C(CCC(Br)C(Br)CC/C=C/CC(C)(C)CC)C(CC(=O)SCCC[Si](OC)(OC)OC)C(=O)O. The minimum absolute atomic E-state index is 0.0139. The highest BCUT2D eigenvalue weighted by Gasteiger charge is 2.37. The number of halogens is 2. The van der Waals surface area contributed by atoms with Crippen molar-refractivity contribution >= 4 is 63.5 Å². The number of carboxylic acids is 1. The topological polar surface area (TPSA) is 82.1 Å². The monoisotopic (exact) mass is 700 g/mol. The van der Waals surface area contributed by atoms with Crippen molar-refractivity contribution in [3.05, 3.63) is 24.3 Å². The molecule has 0 aliphatic carbocycles. The summed E-state index contributed by atoms with van der Waals surface area (Å²) in [5.74, 6) is -1.29. The van der Waals surface area contributed by atoms with E-state index >= 15 is 0 Å². The number of rotatable bonds is 22. The quantitative estimate of drug-likeness (QED) is 0.0527. The van der Waals surface area contributed by atoms with Crippen LogP contribution < -0.4 is 0 Å². The van der Waals surface area contributed by atoms with E-state index in [2.05, 4.69) is 64.8 Å². The minimum atomic E-state index is -2.66. The molecule has 0 heterocycles. The first-order valence-corrected chi connectivity index (χ1v) is 18.3. The van der Waals surface area contributed by atoms with Gasteiger partial charge in [-0.25, -0.2) is 0 Å². The van der Waals surface area contributed by atoms with Gasteiger partial charge in [-0.15, -0.1) is 0 Å². The average Bonchev–Trinajstić information content (AvgIpc) is 2.89. The highest BCUT2D eigenvalue weighted by molar-refractivity contribution is 9.12. The molecule has 0 saturated carbocycles. The van der Waals surface area contributed by atoms with Crippen LogP contribution in [-0.2, 0) is 22.9 Å². The maximum absolute atomic E-state index is 12.7. The van der Waals surface area contributed by atoms with Crippen molar-refractivity contribution in [2.45, 2.75) is 94.8 Å². The van der Waals surface area contributed by atoms with Crippen LogP contribution in [0.25, 0.3) is 0 Å². The van der Waals surface area contributed by atoms with Crippen LogP contribution in [0.2, 0.25) is 6.04 Å². The maximum atomic E-state index is 12.7. The van der Waals surface area contributed by atoms with Crippen LogP contribution in [0.1, 0.15) is 79.1 Å². The second-order valence-corrected chi connectivity index (χ2v) is 16.9. The summed E-state index contributed by atoms with van der Waals surface area (Å²) in [7, 11) is 2.04. The van der Waals surface area contributed by atoms with Gasteiger partial charge in [-0.05, 0) is 56.8 Å². The number of carbonyl (C=O) groups excluding carboxylic acids is 1. The summed E-state index contributed by atoms with van der Waals surface area (Å²) in [5, 5.41) is 9.84. The van der Waals surface area contributed by atoms with Gasteiger partial charge in [0, 0.05) is 49.2 Å². The fraction of sp³-hybridized carbons (Fsp3) is 0.786. The first-order valence-electron chi connectivity index (χ1n) is 13.5. The van der Waals surface area contributed by atoms with Crippen LogP contribution >= 0.6 is 43.6 Å². The summed E-state index contributed by atoms with van der Waals surface area (Å²) in [6.45, 7) is 8.69. The second-order valence-electron chi connectivity index (χ2n) is 10.3. The second kappa shape index (κ2) is 20.8. The third kappa shape index (κ3) is 15.7. The fourth-order valence-electron chi connectivity index (χ4n) is 4.00. The summed E-state index contributed by atoms with van der Waals surface area (Å²) in [6.07, 6.45) is 14.9. The van der Waals surface area contributed by atoms with Gasteiger partial charge in [0.2, 0.25) is 0 Å². The Balaban J connectivity index is 4.80. The first-order chi connectivity index (χ1) is 17.9. The normalized spacial score (nSPS) is 16.1. The predicted molar refractivity (Wildman–Crippen MR) is 169 cm³/mol. The highest BCUT2D eigenvalue weighted by atomic mass is 79.9. The molecule has 222 valence electrons. The van der Waals surface area contributed by atoms with Crippen molar-refractivity contribution in [2.24, 2.45) is 17.3 Å². The Morgan fingerprint density at radius 3 is 2.16 bits per heavy atom. The molecule has 10 heteroatoms. The highest BCUT2D eigenvalue weighted by Crippen LogP contribution is 2.31. The first kappa shape index (κ1) is 38.0. The van der Waals surface area contributed by atoms with Gasteiger partial charge < -0.3 is 18.4 Å². The fourth-order valence-corrected chi connectivity index (χ4v) is 7.85. The van der Waals surface area contributed by atoms with Gasteiger partial charge in [0.1, 0.15) is 0 Å². The molecule has 38 heavy (non-hydrogen) atoms.